The van der Waals surface area contributed by atoms with E-state index < -0.39 is 62.9 Å². The first-order chi connectivity index (χ1) is 12.7. The summed E-state index contributed by atoms with van der Waals surface area (Å²) in [4.78, 5) is 11.2. The molecule has 2 aromatic rings. The molecular weight excluding hydrogens is 364 g/mol. The van der Waals surface area contributed by atoms with Crippen LogP contribution in [-0.4, -0.2) is 22.5 Å². The third kappa shape index (κ3) is 2.95. The minimum atomic E-state index is -1.72. The lowest BCUT2D eigenvalue weighted by atomic mass is 9.90. The molecule has 0 unspecified atom stereocenters. The molecule has 3 N–H and O–H groups in total. The molecule has 0 aliphatic heterocycles. The van der Waals surface area contributed by atoms with Crippen LogP contribution in [0.2, 0.25) is 0 Å². The summed E-state index contributed by atoms with van der Waals surface area (Å²) < 4.78 is 58.3. The summed E-state index contributed by atoms with van der Waals surface area (Å²) in [6.07, 6.45) is 1.47. The maximum absolute atomic E-state index is 14.6. The van der Waals surface area contributed by atoms with E-state index in [0.717, 1.165) is 6.08 Å². The van der Waals surface area contributed by atoms with Gasteiger partial charge in [-0.15, -0.1) is 0 Å². The third-order valence-corrected chi connectivity index (χ3v) is 3.98. The molecule has 2 aromatic carbocycles. The maximum atomic E-state index is 14.6. The number of rotatable bonds is 3. The molecule has 0 bridgehead atoms. The van der Waals surface area contributed by atoms with Crippen LogP contribution in [0.15, 0.2) is 48.1 Å². The second-order valence-corrected chi connectivity index (χ2v) is 5.62. The molecule has 0 aromatic heterocycles. The van der Waals surface area contributed by atoms with E-state index in [2.05, 4.69) is 0 Å². The van der Waals surface area contributed by atoms with Crippen molar-refractivity contribution in [2.75, 3.05) is 0 Å². The Morgan fingerprint density at radius 2 is 1.33 bits per heavy atom. The van der Waals surface area contributed by atoms with Crippen molar-refractivity contribution in [2.45, 2.75) is 0 Å². The van der Waals surface area contributed by atoms with Gasteiger partial charge in [0.2, 0.25) is 0 Å². The molecule has 0 saturated carbocycles. The van der Waals surface area contributed by atoms with Gasteiger partial charge in [0.15, 0.2) is 23.3 Å². The number of nitrogens with one attached hydrogen (secondary N) is 2. The Kier molecular flexibility index (Phi) is 4.49. The van der Waals surface area contributed by atoms with Crippen LogP contribution >= 0.6 is 0 Å². The molecule has 1 aliphatic carbocycles. The molecule has 0 fully saturated rings. The molecule has 0 radical (unpaired) electrons. The topological polar surface area (TPSA) is 85.0 Å². The molecule has 136 valence electrons. The fourth-order valence-corrected chi connectivity index (χ4v) is 2.70. The average Bonchev–Trinajstić information content (AvgIpc) is 2.64. The Bertz CT molecular complexity index is 1040. The van der Waals surface area contributed by atoms with Crippen LogP contribution in [0, 0.1) is 34.1 Å². The Hall–Kier alpha value is -3.55. The maximum Gasteiger partial charge on any atom is 0.337 e. The molecule has 3 rings (SSSR count). The van der Waals surface area contributed by atoms with Crippen LogP contribution in [0.3, 0.4) is 0 Å². The monoisotopic (exact) mass is 374 g/mol. The fraction of sp³-hybridized carbons (Fsp3) is 0. The Labute approximate surface area is 150 Å². The number of halogens is 4. The number of hydrogen-bond donors (Lipinski definition) is 3. The summed E-state index contributed by atoms with van der Waals surface area (Å²) >= 11 is 0. The zero-order valence-electron chi connectivity index (χ0n) is 13.4. The molecule has 8 heteroatoms. The first-order valence-electron chi connectivity index (χ1n) is 7.50. The second-order valence-electron chi connectivity index (χ2n) is 5.62. The highest BCUT2D eigenvalue weighted by Crippen LogP contribution is 2.36. The van der Waals surface area contributed by atoms with Crippen molar-refractivity contribution < 1.29 is 27.5 Å². The van der Waals surface area contributed by atoms with Gasteiger partial charge in [-0.1, -0.05) is 30.3 Å². The zero-order valence-corrected chi connectivity index (χ0v) is 13.4. The molecule has 27 heavy (non-hydrogen) atoms. The van der Waals surface area contributed by atoms with Gasteiger partial charge in [0.1, 0.15) is 0 Å². The molecule has 4 nitrogen and oxygen atoms in total. The van der Waals surface area contributed by atoms with E-state index in [1.54, 1.807) is 6.07 Å². The van der Waals surface area contributed by atoms with Crippen molar-refractivity contribution >= 4 is 23.0 Å². The molecule has 0 atom stereocenters. The number of aliphatic carboxylic acids is 1. The predicted molar refractivity (Wildman–Crippen MR) is 90.9 cm³/mol. The number of benzene rings is 2. The average molecular weight is 374 g/mol. The number of carboxylic acids is 1. The normalized spacial score (nSPS) is 14.1. The Morgan fingerprint density at radius 1 is 0.815 bits per heavy atom. The van der Waals surface area contributed by atoms with Gasteiger partial charge in [-0.2, -0.15) is 0 Å². The lowest BCUT2D eigenvalue weighted by molar-refractivity contribution is -0.132. The van der Waals surface area contributed by atoms with Crippen LogP contribution in [0.25, 0.3) is 16.7 Å². The molecular formula is C19H10F4N2O2. The molecule has 0 amide bonds. The standard InChI is InChI=1S/C19H10F4N2O2/c20-14-12(8-4-2-1-3-5-8)15(21)17(23)13(16(14)22)9-6-10(19(26)27)18(25)11(24)7-9/h1-7,24-25H,(H,26,27). The van der Waals surface area contributed by atoms with Crippen molar-refractivity contribution in [2.24, 2.45) is 0 Å². The first kappa shape index (κ1) is 18.2. The number of hydrogen-bond acceptors (Lipinski definition) is 3. The largest absolute Gasteiger partial charge is 0.478 e. The highest BCUT2D eigenvalue weighted by Gasteiger charge is 2.30. The number of carboxylic acid groups (broad SMARTS) is 1. The van der Waals surface area contributed by atoms with E-state index in [9.17, 15) is 22.4 Å². The van der Waals surface area contributed by atoms with Gasteiger partial charge < -0.3 is 5.11 Å². The van der Waals surface area contributed by atoms with Gasteiger partial charge in [-0.05, 0) is 23.3 Å². The summed E-state index contributed by atoms with van der Waals surface area (Å²) in [6.45, 7) is 0. The van der Waals surface area contributed by atoms with Gasteiger partial charge in [0.05, 0.1) is 28.1 Å². The smallest absolute Gasteiger partial charge is 0.337 e. The van der Waals surface area contributed by atoms with E-state index in [-0.39, 0.29) is 5.56 Å². The summed E-state index contributed by atoms with van der Waals surface area (Å²) in [5.41, 5.74) is -4.72. The van der Waals surface area contributed by atoms with Crippen LogP contribution < -0.4 is 0 Å². The summed E-state index contributed by atoms with van der Waals surface area (Å²) in [7, 11) is 0. The minimum Gasteiger partial charge on any atom is -0.478 e. The highest BCUT2D eigenvalue weighted by molar-refractivity contribution is 6.56. The van der Waals surface area contributed by atoms with E-state index in [4.69, 9.17) is 15.9 Å². The fourth-order valence-electron chi connectivity index (χ4n) is 2.70. The summed E-state index contributed by atoms with van der Waals surface area (Å²) in [5.74, 6) is -8.35. The zero-order chi connectivity index (χ0) is 19.9. The van der Waals surface area contributed by atoms with Gasteiger partial charge in [0.25, 0.3) is 0 Å². The second kappa shape index (κ2) is 6.64. The Balaban J connectivity index is 2.28. The van der Waals surface area contributed by atoms with Gasteiger partial charge >= 0.3 is 5.97 Å². The van der Waals surface area contributed by atoms with E-state index >= 15 is 0 Å². The van der Waals surface area contributed by atoms with E-state index in [1.165, 1.54) is 24.3 Å². The lowest BCUT2D eigenvalue weighted by Crippen LogP contribution is -2.22. The van der Waals surface area contributed by atoms with Crippen LogP contribution in [-0.2, 0) is 4.79 Å². The van der Waals surface area contributed by atoms with Gasteiger partial charge in [0, 0.05) is 0 Å². The van der Waals surface area contributed by atoms with Gasteiger partial charge in [-0.3, -0.25) is 10.8 Å². The minimum absolute atomic E-state index is 0.0780. The van der Waals surface area contributed by atoms with Crippen molar-refractivity contribution in [3.63, 3.8) is 0 Å². The Morgan fingerprint density at radius 3 is 1.85 bits per heavy atom. The van der Waals surface area contributed by atoms with E-state index in [0.29, 0.717) is 6.08 Å². The van der Waals surface area contributed by atoms with Crippen LogP contribution in [0.5, 0.6) is 0 Å². The lowest BCUT2D eigenvalue weighted by Gasteiger charge is -2.17. The van der Waals surface area contributed by atoms with Gasteiger partial charge in [-0.25, -0.2) is 22.4 Å². The van der Waals surface area contributed by atoms with E-state index in [1.807, 2.05) is 0 Å². The first-order valence-corrected chi connectivity index (χ1v) is 7.50. The van der Waals surface area contributed by atoms with Crippen LogP contribution in [0.4, 0.5) is 17.6 Å². The molecule has 0 heterocycles. The third-order valence-electron chi connectivity index (χ3n) is 3.98. The molecule has 0 saturated heterocycles. The summed E-state index contributed by atoms with van der Waals surface area (Å²) in [5, 5.41) is 24.2. The highest BCUT2D eigenvalue weighted by atomic mass is 19.2. The number of allylic oxidation sites excluding steroid dienone is 3. The van der Waals surface area contributed by atoms with Crippen molar-refractivity contribution in [3.05, 3.63) is 76.9 Å². The molecule has 1 aliphatic rings. The SMILES string of the molecule is N=C1C=C(c2c(F)c(F)c(-c3ccccc3)c(F)c2F)C=C(C(=O)O)C1=N. The quantitative estimate of drug-likeness (QED) is 0.424. The summed E-state index contributed by atoms with van der Waals surface area (Å²) in [6, 6.07) is 7.00. The molecule has 0 spiro atoms. The van der Waals surface area contributed by atoms with Crippen molar-refractivity contribution in [1.29, 1.82) is 10.8 Å². The number of carbonyl (C=O) groups is 1. The predicted octanol–water partition coefficient (Wildman–Crippen LogP) is 4.36. The van der Waals surface area contributed by atoms with Crippen LogP contribution in [0.1, 0.15) is 5.56 Å². The van der Waals surface area contributed by atoms with Crippen molar-refractivity contribution in [1.82, 2.24) is 0 Å². The van der Waals surface area contributed by atoms with Crippen molar-refractivity contribution in [3.8, 4) is 11.1 Å².